The molecule has 0 saturated heterocycles. The molecular weight excluding hydrogens is 535 g/mol. The Morgan fingerprint density at radius 2 is 1.85 bits per heavy atom. The van der Waals surface area contributed by atoms with Crippen molar-refractivity contribution in [2.45, 2.75) is 64.7 Å². The highest BCUT2D eigenvalue weighted by Crippen LogP contribution is 2.35. The van der Waals surface area contributed by atoms with Crippen LogP contribution in [-0.4, -0.2) is 46.4 Å². The second kappa shape index (κ2) is 13.0. The van der Waals surface area contributed by atoms with Gasteiger partial charge in [0.15, 0.2) is 5.69 Å². The Hall–Kier alpha value is -4.14. The summed E-state index contributed by atoms with van der Waals surface area (Å²) >= 11 is 0. The van der Waals surface area contributed by atoms with Crippen LogP contribution in [0.25, 0.3) is 4.85 Å². The molecule has 3 aromatic rings. The molecule has 1 aromatic heterocycles. The molecule has 0 saturated carbocycles. The summed E-state index contributed by atoms with van der Waals surface area (Å²) in [7, 11) is 3.01. The Kier molecular flexibility index (Phi) is 9.47. The Balaban J connectivity index is 1.68. The lowest BCUT2D eigenvalue weighted by molar-refractivity contribution is -0.140. The van der Waals surface area contributed by atoms with Crippen LogP contribution in [0.15, 0.2) is 30.3 Å². The van der Waals surface area contributed by atoms with Gasteiger partial charge in [-0.25, -0.2) is 4.85 Å². The minimum absolute atomic E-state index is 0.0555. The SMILES string of the molecule is [C-]#[N+]c1cc(CN(Cc2cc3c(cc2N(CC)CCCCC(=O)OC)CCC3)c2nnn(C)n2)cc(C(F)(F)F)c1. The molecule has 1 aliphatic rings. The van der Waals surface area contributed by atoms with Gasteiger partial charge in [0.2, 0.25) is 0 Å². The van der Waals surface area contributed by atoms with Gasteiger partial charge in [-0.3, -0.25) is 4.79 Å². The van der Waals surface area contributed by atoms with E-state index in [0.29, 0.717) is 24.9 Å². The van der Waals surface area contributed by atoms with Crippen molar-refractivity contribution < 1.29 is 22.7 Å². The van der Waals surface area contributed by atoms with Gasteiger partial charge in [-0.05, 0) is 84.7 Å². The molecule has 0 radical (unpaired) electrons. The maximum atomic E-state index is 13.6. The van der Waals surface area contributed by atoms with E-state index in [0.717, 1.165) is 62.2 Å². The number of hydrogen-bond donors (Lipinski definition) is 0. The standard InChI is InChI=1S/C29H34F3N7O2/c1-5-38(12-7-6-11-27(40)41-4)26-16-22-10-8-9-21(22)15-23(26)19-39(28-34-36-37(3)35-28)18-20-13-24(29(30,31)32)17-25(14-20)33-2/h13-17H,5-12,18-19H2,1,3-4H3. The zero-order valence-corrected chi connectivity index (χ0v) is 23.5. The molecule has 0 fully saturated rings. The number of aryl methyl sites for hydroxylation is 3. The van der Waals surface area contributed by atoms with Gasteiger partial charge < -0.3 is 14.5 Å². The topological polar surface area (TPSA) is 80.7 Å². The first kappa shape index (κ1) is 29.8. The summed E-state index contributed by atoms with van der Waals surface area (Å²) in [6.45, 7) is 11.3. The van der Waals surface area contributed by atoms with E-state index >= 15 is 0 Å². The smallest absolute Gasteiger partial charge is 0.415 e. The van der Waals surface area contributed by atoms with Gasteiger partial charge >= 0.3 is 12.1 Å². The third-order valence-electron chi connectivity index (χ3n) is 7.25. The number of alkyl halides is 3. The largest absolute Gasteiger partial charge is 0.469 e. The van der Waals surface area contributed by atoms with Crippen molar-refractivity contribution in [2.75, 3.05) is 30.0 Å². The van der Waals surface area contributed by atoms with E-state index < -0.39 is 11.7 Å². The third kappa shape index (κ3) is 7.54. The quantitative estimate of drug-likeness (QED) is 0.159. The van der Waals surface area contributed by atoms with Crippen LogP contribution in [0.5, 0.6) is 0 Å². The number of carbonyl (C=O) groups excluding carboxylic acids is 1. The van der Waals surface area contributed by atoms with Crippen LogP contribution < -0.4 is 9.80 Å². The summed E-state index contributed by atoms with van der Waals surface area (Å²) in [5.41, 5.74) is 4.01. The van der Waals surface area contributed by atoms with Crippen molar-refractivity contribution in [3.63, 3.8) is 0 Å². The summed E-state index contributed by atoms with van der Waals surface area (Å²) in [5.74, 6) is 0.0520. The Morgan fingerprint density at radius 1 is 1.10 bits per heavy atom. The third-order valence-corrected chi connectivity index (χ3v) is 7.25. The monoisotopic (exact) mass is 569 g/mol. The molecule has 2 aromatic carbocycles. The predicted octanol–water partition coefficient (Wildman–Crippen LogP) is 5.64. The molecule has 218 valence electrons. The number of unbranched alkanes of at least 4 members (excludes halogenated alkanes) is 1. The number of halogens is 3. The van der Waals surface area contributed by atoms with Crippen LogP contribution in [0.3, 0.4) is 0 Å². The number of carbonyl (C=O) groups is 1. The van der Waals surface area contributed by atoms with E-state index in [4.69, 9.17) is 11.3 Å². The lowest BCUT2D eigenvalue weighted by Gasteiger charge is -2.29. The van der Waals surface area contributed by atoms with Gasteiger partial charge in [-0.1, -0.05) is 17.2 Å². The Bertz CT molecular complexity index is 1410. The molecule has 0 bridgehead atoms. The van der Waals surface area contributed by atoms with Gasteiger partial charge in [0.05, 0.1) is 20.7 Å². The molecule has 4 rings (SSSR count). The number of aromatic nitrogens is 4. The van der Waals surface area contributed by atoms with E-state index in [1.807, 2.05) is 0 Å². The fourth-order valence-electron chi connectivity index (χ4n) is 5.22. The number of hydrogen-bond acceptors (Lipinski definition) is 7. The zero-order chi connectivity index (χ0) is 29.6. The van der Waals surface area contributed by atoms with Crippen molar-refractivity contribution >= 4 is 23.3 Å². The van der Waals surface area contributed by atoms with Gasteiger partial charge in [0.25, 0.3) is 5.95 Å². The lowest BCUT2D eigenvalue weighted by Crippen LogP contribution is -2.29. The van der Waals surface area contributed by atoms with Crippen LogP contribution in [0.2, 0.25) is 0 Å². The fraction of sp³-hybridized carbons (Fsp3) is 0.483. The molecule has 0 atom stereocenters. The predicted molar refractivity (Wildman–Crippen MR) is 149 cm³/mol. The summed E-state index contributed by atoms with van der Waals surface area (Å²) in [5, 5.41) is 12.5. The molecule has 0 amide bonds. The number of rotatable bonds is 12. The number of nitrogens with zero attached hydrogens (tertiary/aromatic N) is 7. The van der Waals surface area contributed by atoms with Crippen LogP contribution in [0, 0.1) is 6.57 Å². The average molecular weight is 570 g/mol. The van der Waals surface area contributed by atoms with E-state index in [9.17, 15) is 18.0 Å². The van der Waals surface area contributed by atoms with Crippen molar-refractivity contribution in [1.82, 2.24) is 20.2 Å². The van der Waals surface area contributed by atoms with E-state index in [1.54, 1.807) is 11.9 Å². The normalized spacial score (nSPS) is 12.6. The number of methoxy groups -OCH3 is 1. The number of ether oxygens (including phenoxy) is 1. The summed E-state index contributed by atoms with van der Waals surface area (Å²) in [4.78, 5) is 20.2. The molecule has 1 aliphatic carbocycles. The van der Waals surface area contributed by atoms with Crippen LogP contribution in [0.1, 0.15) is 60.4 Å². The molecular formula is C29H34F3N7O2. The Labute approximate surface area is 237 Å². The van der Waals surface area contributed by atoms with E-state index in [1.165, 1.54) is 29.1 Å². The molecule has 0 aliphatic heterocycles. The maximum Gasteiger partial charge on any atom is 0.415 e. The highest BCUT2D eigenvalue weighted by molar-refractivity contribution is 5.69. The minimum Gasteiger partial charge on any atom is -0.469 e. The van der Waals surface area contributed by atoms with Gasteiger partial charge in [-0.15, -0.1) is 5.10 Å². The number of benzene rings is 2. The highest BCUT2D eigenvalue weighted by Gasteiger charge is 2.31. The zero-order valence-electron chi connectivity index (χ0n) is 23.5. The van der Waals surface area contributed by atoms with Crippen molar-refractivity contribution in [3.8, 4) is 0 Å². The van der Waals surface area contributed by atoms with E-state index in [-0.39, 0.29) is 24.1 Å². The first-order valence-electron chi connectivity index (χ1n) is 13.6. The van der Waals surface area contributed by atoms with Crippen molar-refractivity contribution in [1.29, 1.82) is 0 Å². The molecule has 9 nitrogen and oxygen atoms in total. The molecule has 41 heavy (non-hydrogen) atoms. The summed E-state index contributed by atoms with van der Waals surface area (Å²) < 4.78 is 45.6. The number of fused-ring (bicyclic) bond motifs is 1. The molecule has 0 N–H and O–H groups in total. The van der Waals surface area contributed by atoms with Crippen LogP contribution in [-0.2, 0) is 48.7 Å². The number of anilines is 2. The minimum atomic E-state index is -4.58. The number of esters is 1. The molecule has 0 spiro atoms. The summed E-state index contributed by atoms with van der Waals surface area (Å²) in [6.07, 6.45) is 0.342. The molecule has 12 heteroatoms. The highest BCUT2D eigenvalue weighted by atomic mass is 19.4. The maximum absolute atomic E-state index is 13.6. The second-order valence-corrected chi connectivity index (χ2v) is 10.1. The van der Waals surface area contributed by atoms with Crippen LogP contribution in [0.4, 0.5) is 30.5 Å². The first-order chi connectivity index (χ1) is 19.6. The number of tetrazole rings is 1. The lowest BCUT2D eigenvalue weighted by atomic mass is 10.0. The fourth-order valence-corrected chi connectivity index (χ4v) is 5.22. The molecule has 0 unspecified atom stereocenters. The average Bonchev–Trinajstić information content (AvgIpc) is 3.60. The van der Waals surface area contributed by atoms with Crippen molar-refractivity contribution in [2.24, 2.45) is 7.05 Å². The van der Waals surface area contributed by atoms with E-state index in [2.05, 4.69) is 44.2 Å². The summed E-state index contributed by atoms with van der Waals surface area (Å²) in [6, 6.07) is 7.81. The van der Waals surface area contributed by atoms with Crippen LogP contribution >= 0.6 is 0 Å². The van der Waals surface area contributed by atoms with Gasteiger partial charge in [-0.2, -0.15) is 18.0 Å². The van der Waals surface area contributed by atoms with Crippen molar-refractivity contribution in [3.05, 3.63) is 69.6 Å². The molecule has 1 heterocycles. The van der Waals surface area contributed by atoms with Gasteiger partial charge in [0, 0.05) is 43.9 Å². The Morgan fingerprint density at radius 3 is 2.49 bits per heavy atom. The van der Waals surface area contributed by atoms with Gasteiger partial charge in [0.1, 0.15) is 0 Å². The second-order valence-electron chi connectivity index (χ2n) is 10.1. The first-order valence-corrected chi connectivity index (χ1v) is 13.6.